The zero-order chi connectivity index (χ0) is 20.4. The number of rotatable bonds is 8. The van der Waals surface area contributed by atoms with E-state index in [-0.39, 0.29) is 24.6 Å². The zero-order valence-electron chi connectivity index (χ0n) is 17.8. The fourth-order valence-electron chi connectivity index (χ4n) is 4.04. The molecule has 4 heteroatoms. The maximum Gasteiger partial charge on any atom is 0.171 e. The molecular formula is C23H36O4. The first kappa shape index (κ1) is 21.7. The lowest BCUT2D eigenvalue weighted by atomic mass is 9.81. The minimum atomic E-state index is -0.850. The Bertz CT molecular complexity index is 692. The number of benzene rings is 1. The van der Waals surface area contributed by atoms with E-state index in [1.807, 2.05) is 13.8 Å². The summed E-state index contributed by atoms with van der Waals surface area (Å²) in [5, 5.41) is 20.4. The number of phenolic OH excluding ortho intramolecular Hbond substituents is 1. The van der Waals surface area contributed by atoms with Gasteiger partial charge in [0, 0.05) is 5.56 Å². The smallest absolute Gasteiger partial charge is 0.171 e. The van der Waals surface area contributed by atoms with E-state index in [9.17, 15) is 15.0 Å². The predicted octanol–water partition coefficient (Wildman–Crippen LogP) is 5.26. The highest BCUT2D eigenvalue weighted by Crippen LogP contribution is 2.44. The van der Waals surface area contributed by atoms with Gasteiger partial charge in [-0.3, -0.25) is 4.79 Å². The molecule has 0 saturated heterocycles. The van der Waals surface area contributed by atoms with Gasteiger partial charge in [0.1, 0.15) is 17.1 Å². The van der Waals surface area contributed by atoms with Crippen molar-refractivity contribution in [2.24, 2.45) is 11.8 Å². The number of phenols is 1. The molecule has 1 aliphatic rings. The van der Waals surface area contributed by atoms with Crippen LogP contribution in [0.1, 0.15) is 86.3 Å². The van der Waals surface area contributed by atoms with Gasteiger partial charge in [-0.2, -0.15) is 0 Å². The second-order valence-corrected chi connectivity index (χ2v) is 8.94. The molecule has 0 aromatic heterocycles. The Labute approximate surface area is 163 Å². The average molecular weight is 377 g/mol. The number of carbonyl (C=O) groups is 1. The number of hydrogen-bond acceptors (Lipinski definition) is 4. The summed E-state index contributed by atoms with van der Waals surface area (Å²) in [5.74, 6) is 1.92. The van der Waals surface area contributed by atoms with Crippen LogP contribution in [0.15, 0.2) is 0 Å². The summed E-state index contributed by atoms with van der Waals surface area (Å²) >= 11 is 0. The predicted molar refractivity (Wildman–Crippen MR) is 109 cm³/mol. The number of aliphatic hydroxyl groups is 1. The highest BCUT2D eigenvalue weighted by molar-refractivity contribution is 6.03. The van der Waals surface area contributed by atoms with Gasteiger partial charge in [-0.25, -0.2) is 0 Å². The molecule has 1 aliphatic heterocycles. The summed E-state index contributed by atoms with van der Waals surface area (Å²) in [4.78, 5) is 12.9. The van der Waals surface area contributed by atoms with Crippen molar-refractivity contribution in [1.29, 1.82) is 0 Å². The normalized spacial score (nSPS) is 20.5. The first-order valence-corrected chi connectivity index (χ1v) is 10.3. The van der Waals surface area contributed by atoms with Crippen molar-refractivity contribution < 1.29 is 19.7 Å². The summed E-state index contributed by atoms with van der Waals surface area (Å²) in [7, 11) is 0. The Morgan fingerprint density at radius 2 is 1.70 bits per heavy atom. The number of aliphatic hydroxyl groups excluding tert-OH is 1. The zero-order valence-corrected chi connectivity index (χ0v) is 17.8. The molecule has 0 radical (unpaired) electrons. The molecule has 27 heavy (non-hydrogen) atoms. The van der Waals surface area contributed by atoms with E-state index >= 15 is 0 Å². The molecule has 2 unspecified atom stereocenters. The first-order chi connectivity index (χ1) is 12.6. The number of fused-ring (bicyclic) bond motifs is 1. The number of ketones is 1. The maximum atomic E-state index is 12.9. The molecule has 0 aliphatic carbocycles. The Hall–Kier alpha value is -1.55. The van der Waals surface area contributed by atoms with Gasteiger partial charge < -0.3 is 14.9 Å². The van der Waals surface area contributed by atoms with Crippen LogP contribution in [0.5, 0.6) is 11.5 Å². The fourth-order valence-corrected chi connectivity index (χ4v) is 4.04. The van der Waals surface area contributed by atoms with E-state index in [0.717, 1.165) is 29.9 Å². The molecule has 1 heterocycles. The Morgan fingerprint density at radius 1 is 1.04 bits per heavy atom. The first-order valence-electron chi connectivity index (χ1n) is 10.3. The van der Waals surface area contributed by atoms with E-state index in [1.165, 1.54) is 12.8 Å². The second-order valence-electron chi connectivity index (χ2n) is 8.94. The molecule has 0 bridgehead atoms. The number of aromatic hydroxyl groups is 1. The highest BCUT2D eigenvalue weighted by atomic mass is 16.5. The third kappa shape index (κ3) is 4.66. The molecule has 0 amide bonds. The lowest BCUT2D eigenvalue weighted by molar-refractivity contribution is -0.0135. The fraction of sp³-hybridized carbons (Fsp3) is 0.696. The van der Waals surface area contributed by atoms with E-state index in [2.05, 4.69) is 20.8 Å². The van der Waals surface area contributed by atoms with Crippen molar-refractivity contribution in [3.8, 4) is 11.5 Å². The van der Waals surface area contributed by atoms with Crippen molar-refractivity contribution in [3.63, 3.8) is 0 Å². The summed E-state index contributed by atoms with van der Waals surface area (Å²) in [6.07, 6.45) is 5.36. The molecule has 2 atom stereocenters. The van der Waals surface area contributed by atoms with Gasteiger partial charge in [-0.05, 0) is 56.6 Å². The van der Waals surface area contributed by atoms with Crippen LogP contribution >= 0.6 is 0 Å². The van der Waals surface area contributed by atoms with Gasteiger partial charge in [-0.1, -0.05) is 40.0 Å². The Balaban J connectivity index is 2.17. The van der Waals surface area contributed by atoms with E-state index in [4.69, 9.17) is 4.74 Å². The third-order valence-electron chi connectivity index (χ3n) is 6.16. The van der Waals surface area contributed by atoms with Crippen LogP contribution in [-0.4, -0.2) is 28.2 Å². The third-order valence-corrected chi connectivity index (χ3v) is 6.16. The molecule has 1 aromatic carbocycles. The highest BCUT2D eigenvalue weighted by Gasteiger charge is 2.42. The molecule has 1 aromatic rings. The summed E-state index contributed by atoms with van der Waals surface area (Å²) < 4.78 is 6.30. The topological polar surface area (TPSA) is 66.8 Å². The van der Waals surface area contributed by atoms with Gasteiger partial charge in [-0.15, -0.1) is 0 Å². The molecule has 4 nitrogen and oxygen atoms in total. The van der Waals surface area contributed by atoms with Crippen molar-refractivity contribution in [2.45, 2.75) is 85.7 Å². The molecule has 0 spiro atoms. The van der Waals surface area contributed by atoms with Crippen molar-refractivity contribution >= 4 is 5.78 Å². The van der Waals surface area contributed by atoms with Gasteiger partial charge >= 0.3 is 0 Å². The lowest BCUT2D eigenvalue weighted by Crippen LogP contribution is -2.46. The van der Waals surface area contributed by atoms with Crippen LogP contribution in [0, 0.1) is 32.6 Å². The summed E-state index contributed by atoms with van der Waals surface area (Å²) in [5.41, 5.74) is 1.71. The molecular weight excluding hydrogens is 340 g/mol. The lowest BCUT2D eigenvalue weighted by Gasteiger charge is -2.39. The minimum absolute atomic E-state index is 0.0475. The average Bonchev–Trinajstić information content (AvgIpc) is 2.62. The number of carbonyl (C=O) groups excluding carboxylic acids is 1. The molecule has 0 fully saturated rings. The standard InChI is InChI=1S/C23H36O4/c1-14(2)8-7-9-15(3)10-11-23(13-24)12-19(25)20-18(6)21(26)16(4)17(5)22(20)27-23/h14-15,24,26H,7-13H2,1-6H3. The van der Waals surface area contributed by atoms with Crippen LogP contribution in [0.4, 0.5) is 0 Å². The van der Waals surface area contributed by atoms with Crippen molar-refractivity contribution in [3.05, 3.63) is 22.3 Å². The number of ether oxygens (including phenoxy) is 1. The summed E-state index contributed by atoms with van der Waals surface area (Å²) in [6.45, 7) is 12.0. The Morgan fingerprint density at radius 3 is 2.30 bits per heavy atom. The summed E-state index contributed by atoms with van der Waals surface area (Å²) in [6, 6.07) is 0. The monoisotopic (exact) mass is 376 g/mol. The van der Waals surface area contributed by atoms with E-state index in [0.29, 0.717) is 29.2 Å². The number of hydrogen-bond donors (Lipinski definition) is 2. The van der Waals surface area contributed by atoms with E-state index < -0.39 is 5.60 Å². The van der Waals surface area contributed by atoms with Crippen LogP contribution in [0.25, 0.3) is 0 Å². The largest absolute Gasteiger partial charge is 0.507 e. The number of Topliss-reactive ketones (excluding diaryl/α,β-unsaturated/α-hetero) is 1. The van der Waals surface area contributed by atoms with Gasteiger partial charge in [0.05, 0.1) is 18.6 Å². The maximum absolute atomic E-state index is 12.9. The minimum Gasteiger partial charge on any atom is -0.507 e. The van der Waals surface area contributed by atoms with Gasteiger partial charge in [0.2, 0.25) is 0 Å². The molecule has 152 valence electrons. The molecule has 2 rings (SSSR count). The second kappa shape index (κ2) is 8.64. The van der Waals surface area contributed by atoms with Crippen LogP contribution < -0.4 is 4.74 Å². The Kier molecular flexibility index (Phi) is 6.96. The molecule has 0 saturated carbocycles. The molecule has 2 N–H and O–H groups in total. The van der Waals surface area contributed by atoms with Crippen molar-refractivity contribution in [1.82, 2.24) is 0 Å². The SMILES string of the molecule is Cc1c(C)c2c(c(C)c1O)C(=O)CC(CO)(CCC(C)CCCC(C)C)O2. The van der Waals surface area contributed by atoms with Crippen molar-refractivity contribution in [2.75, 3.05) is 6.61 Å². The quantitative estimate of drug-likeness (QED) is 0.650. The van der Waals surface area contributed by atoms with Gasteiger partial charge in [0.25, 0.3) is 0 Å². The van der Waals surface area contributed by atoms with Crippen LogP contribution in [0.2, 0.25) is 0 Å². The van der Waals surface area contributed by atoms with Crippen LogP contribution in [-0.2, 0) is 0 Å². The van der Waals surface area contributed by atoms with Gasteiger partial charge in [0.15, 0.2) is 5.78 Å². The van der Waals surface area contributed by atoms with Crippen LogP contribution in [0.3, 0.4) is 0 Å². The van der Waals surface area contributed by atoms with E-state index in [1.54, 1.807) is 6.92 Å².